The summed E-state index contributed by atoms with van der Waals surface area (Å²) in [6.45, 7) is 1.88. The van der Waals surface area contributed by atoms with Crippen molar-refractivity contribution < 1.29 is 14.0 Å². The molecule has 1 aromatic rings. The Bertz CT molecular complexity index is 559. The maximum Gasteiger partial charge on any atom is 0.246 e. The summed E-state index contributed by atoms with van der Waals surface area (Å²) in [5.41, 5.74) is 0.921. The minimum Gasteiger partial charge on any atom is -0.347 e. The molecule has 1 atom stereocenters. The molecule has 1 heterocycles. The van der Waals surface area contributed by atoms with E-state index in [1.54, 1.807) is 31.1 Å². The number of carbonyl (C=O) groups excluding carboxylic acids is 2. The number of piperazine rings is 1. The van der Waals surface area contributed by atoms with Crippen LogP contribution in [0.1, 0.15) is 12.0 Å². The predicted octanol–water partition coefficient (Wildman–Crippen LogP) is 0.989. The smallest absolute Gasteiger partial charge is 0.246 e. The molecule has 2 amide bonds. The lowest BCUT2D eigenvalue weighted by molar-refractivity contribution is -0.147. The van der Waals surface area contributed by atoms with Gasteiger partial charge in [-0.25, -0.2) is 4.39 Å². The summed E-state index contributed by atoms with van der Waals surface area (Å²) in [6, 6.07) is 5.75. The van der Waals surface area contributed by atoms with Gasteiger partial charge in [-0.3, -0.25) is 9.59 Å². The Kier molecular flexibility index (Phi) is 5.71. The number of benzene rings is 1. The van der Waals surface area contributed by atoms with Gasteiger partial charge in [0.05, 0.1) is 0 Å². The third-order valence-corrected chi connectivity index (χ3v) is 4.17. The standard InChI is InChI=1S/C17H24FN3O2/c1-19(2)17(23)15-12-20(3)10-11-21(15)16(22)9-6-13-4-7-14(18)8-5-13/h4-5,7-8,15H,6,9-12H2,1-3H3/t15-/m0/s1. The van der Waals surface area contributed by atoms with Gasteiger partial charge in [0.1, 0.15) is 11.9 Å². The predicted molar refractivity (Wildman–Crippen MR) is 86.4 cm³/mol. The molecule has 5 nitrogen and oxygen atoms in total. The first kappa shape index (κ1) is 17.4. The fourth-order valence-corrected chi connectivity index (χ4v) is 2.77. The van der Waals surface area contributed by atoms with Gasteiger partial charge in [0.2, 0.25) is 11.8 Å². The first-order valence-electron chi connectivity index (χ1n) is 7.82. The lowest BCUT2D eigenvalue weighted by atomic mass is 10.1. The van der Waals surface area contributed by atoms with Crippen LogP contribution in [0.5, 0.6) is 0 Å². The van der Waals surface area contributed by atoms with Crippen LogP contribution in [0.3, 0.4) is 0 Å². The largest absolute Gasteiger partial charge is 0.347 e. The maximum atomic E-state index is 12.9. The minimum absolute atomic E-state index is 0.0253. The number of rotatable bonds is 4. The highest BCUT2D eigenvalue weighted by Crippen LogP contribution is 2.14. The van der Waals surface area contributed by atoms with Crippen LogP contribution in [0.2, 0.25) is 0 Å². The minimum atomic E-state index is -0.426. The molecule has 126 valence electrons. The summed E-state index contributed by atoms with van der Waals surface area (Å²) in [4.78, 5) is 30.2. The number of hydrogen-bond acceptors (Lipinski definition) is 3. The van der Waals surface area contributed by atoms with Crippen molar-refractivity contribution in [1.29, 1.82) is 0 Å². The van der Waals surface area contributed by atoms with E-state index in [1.165, 1.54) is 17.0 Å². The molecule has 0 bridgehead atoms. The first-order valence-corrected chi connectivity index (χ1v) is 7.82. The number of hydrogen-bond donors (Lipinski definition) is 0. The molecule has 2 rings (SSSR count). The van der Waals surface area contributed by atoms with E-state index in [2.05, 4.69) is 4.90 Å². The summed E-state index contributed by atoms with van der Waals surface area (Å²) in [7, 11) is 5.37. The van der Waals surface area contributed by atoms with E-state index in [9.17, 15) is 14.0 Å². The molecular formula is C17H24FN3O2. The Labute approximate surface area is 136 Å². The average Bonchev–Trinajstić information content (AvgIpc) is 2.53. The monoisotopic (exact) mass is 321 g/mol. The summed E-state index contributed by atoms with van der Waals surface area (Å²) >= 11 is 0. The molecule has 1 aromatic carbocycles. The Morgan fingerprint density at radius 2 is 1.87 bits per heavy atom. The fourth-order valence-electron chi connectivity index (χ4n) is 2.77. The third kappa shape index (κ3) is 4.51. The van der Waals surface area contributed by atoms with Crippen molar-refractivity contribution in [3.63, 3.8) is 0 Å². The van der Waals surface area contributed by atoms with Crippen LogP contribution in [0.4, 0.5) is 4.39 Å². The Balaban J connectivity index is 2.00. The van der Waals surface area contributed by atoms with Crippen LogP contribution in [0.15, 0.2) is 24.3 Å². The van der Waals surface area contributed by atoms with Crippen LogP contribution in [0, 0.1) is 5.82 Å². The second-order valence-electron chi connectivity index (χ2n) is 6.22. The highest BCUT2D eigenvalue weighted by Gasteiger charge is 2.34. The van der Waals surface area contributed by atoms with Crippen molar-refractivity contribution in [3.8, 4) is 0 Å². The number of nitrogens with zero attached hydrogens (tertiary/aromatic N) is 3. The SMILES string of the molecule is CN1CCN(C(=O)CCc2ccc(F)cc2)[C@H](C(=O)N(C)C)C1. The summed E-state index contributed by atoms with van der Waals surface area (Å²) in [6.07, 6.45) is 0.876. The van der Waals surface area contributed by atoms with Gasteiger partial charge < -0.3 is 14.7 Å². The number of carbonyl (C=O) groups is 2. The Hall–Kier alpha value is -1.95. The van der Waals surface area contributed by atoms with Gasteiger partial charge in [-0.1, -0.05) is 12.1 Å². The zero-order valence-corrected chi connectivity index (χ0v) is 14.0. The molecular weight excluding hydrogens is 297 g/mol. The van der Waals surface area contributed by atoms with Crippen molar-refractivity contribution in [1.82, 2.24) is 14.7 Å². The molecule has 0 unspecified atom stereocenters. The molecule has 1 fully saturated rings. The van der Waals surface area contributed by atoms with E-state index in [4.69, 9.17) is 0 Å². The van der Waals surface area contributed by atoms with Gasteiger partial charge >= 0.3 is 0 Å². The van der Waals surface area contributed by atoms with Crippen LogP contribution in [-0.2, 0) is 16.0 Å². The zero-order valence-electron chi connectivity index (χ0n) is 14.0. The normalized spacial score (nSPS) is 18.8. The molecule has 0 N–H and O–H groups in total. The lowest BCUT2D eigenvalue weighted by Gasteiger charge is -2.40. The molecule has 0 aromatic heterocycles. The molecule has 6 heteroatoms. The van der Waals surface area contributed by atoms with E-state index in [-0.39, 0.29) is 17.6 Å². The number of likely N-dealkylation sites (N-methyl/N-ethyl adjacent to an activating group) is 2. The fraction of sp³-hybridized carbons (Fsp3) is 0.529. The van der Waals surface area contributed by atoms with E-state index in [0.717, 1.165) is 12.1 Å². The van der Waals surface area contributed by atoms with E-state index in [0.29, 0.717) is 25.9 Å². The lowest BCUT2D eigenvalue weighted by Crippen LogP contribution is -2.59. The summed E-state index contributed by atoms with van der Waals surface area (Å²) < 4.78 is 12.9. The highest BCUT2D eigenvalue weighted by molar-refractivity contribution is 5.88. The molecule has 0 aliphatic carbocycles. The summed E-state index contributed by atoms with van der Waals surface area (Å²) in [5, 5.41) is 0. The van der Waals surface area contributed by atoms with E-state index in [1.807, 2.05) is 7.05 Å². The average molecular weight is 321 g/mol. The van der Waals surface area contributed by atoms with Gasteiger partial charge in [0, 0.05) is 40.2 Å². The van der Waals surface area contributed by atoms with E-state index < -0.39 is 6.04 Å². The van der Waals surface area contributed by atoms with Crippen molar-refractivity contribution in [2.75, 3.05) is 40.8 Å². The number of aryl methyl sites for hydroxylation is 1. The molecule has 1 saturated heterocycles. The van der Waals surface area contributed by atoms with Gasteiger partial charge in [-0.2, -0.15) is 0 Å². The maximum absolute atomic E-state index is 12.9. The molecule has 0 spiro atoms. The van der Waals surface area contributed by atoms with Gasteiger partial charge in [-0.05, 0) is 31.2 Å². The molecule has 0 saturated carbocycles. The number of halogens is 1. The molecule has 0 radical (unpaired) electrons. The highest BCUT2D eigenvalue weighted by atomic mass is 19.1. The number of amides is 2. The van der Waals surface area contributed by atoms with E-state index >= 15 is 0 Å². The summed E-state index contributed by atoms with van der Waals surface area (Å²) in [5.74, 6) is -0.356. The van der Waals surface area contributed by atoms with Gasteiger partial charge in [0.25, 0.3) is 0 Å². The topological polar surface area (TPSA) is 43.9 Å². The Morgan fingerprint density at radius 1 is 1.22 bits per heavy atom. The van der Waals surface area contributed by atoms with Crippen molar-refractivity contribution in [2.24, 2.45) is 0 Å². The van der Waals surface area contributed by atoms with Crippen LogP contribution >= 0.6 is 0 Å². The van der Waals surface area contributed by atoms with Crippen molar-refractivity contribution in [2.45, 2.75) is 18.9 Å². The first-order chi connectivity index (χ1) is 10.9. The second kappa shape index (κ2) is 7.55. The third-order valence-electron chi connectivity index (χ3n) is 4.17. The van der Waals surface area contributed by atoms with Crippen LogP contribution < -0.4 is 0 Å². The quantitative estimate of drug-likeness (QED) is 0.831. The van der Waals surface area contributed by atoms with Crippen molar-refractivity contribution >= 4 is 11.8 Å². The van der Waals surface area contributed by atoms with Crippen LogP contribution in [0.25, 0.3) is 0 Å². The zero-order chi connectivity index (χ0) is 17.0. The van der Waals surface area contributed by atoms with Crippen molar-refractivity contribution in [3.05, 3.63) is 35.6 Å². The molecule has 23 heavy (non-hydrogen) atoms. The molecule has 1 aliphatic rings. The van der Waals surface area contributed by atoms with Gasteiger partial charge in [0.15, 0.2) is 0 Å². The molecule has 1 aliphatic heterocycles. The van der Waals surface area contributed by atoms with Crippen LogP contribution in [-0.4, -0.2) is 73.3 Å². The Morgan fingerprint density at radius 3 is 2.48 bits per heavy atom. The van der Waals surface area contributed by atoms with Gasteiger partial charge in [-0.15, -0.1) is 0 Å². The second-order valence-corrected chi connectivity index (χ2v) is 6.22.